The molecule has 1 aromatic carbocycles. The topological polar surface area (TPSA) is 27.1 Å². The summed E-state index contributed by atoms with van der Waals surface area (Å²) in [7, 11) is 1.91. The molecule has 0 radical (unpaired) electrons. The van der Waals surface area contributed by atoms with E-state index in [0.717, 1.165) is 26.8 Å². The SMILES string of the molecule is CCc1nn(C)c(COc2ccc(Br)cc2Cl)c1Br. The largest absolute Gasteiger partial charge is 0.486 e. The molecule has 0 aliphatic heterocycles. The van der Waals surface area contributed by atoms with Gasteiger partial charge in [0.25, 0.3) is 0 Å². The Morgan fingerprint density at radius 2 is 2.11 bits per heavy atom. The summed E-state index contributed by atoms with van der Waals surface area (Å²) in [5.74, 6) is 0.663. The van der Waals surface area contributed by atoms with E-state index in [4.69, 9.17) is 16.3 Å². The van der Waals surface area contributed by atoms with Gasteiger partial charge in [0.15, 0.2) is 0 Å². The standard InChI is InChI=1S/C13H13Br2ClN2O/c1-3-10-13(15)11(18(2)17-10)7-19-12-5-4-8(14)6-9(12)16/h4-6H,3,7H2,1-2H3. The van der Waals surface area contributed by atoms with Gasteiger partial charge < -0.3 is 4.74 Å². The number of nitrogens with zero attached hydrogens (tertiary/aromatic N) is 2. The van der Waals surface area contributed by atoms with E-state index in [9.17, 15) is 0 Å². The smallest absolute Gasteiger partial charge is 0.138 e. The normalized spacial score (nSPS) is 10.8. The predicted molar refractivity (Wildman–Crippen MR) is 83.8 cm³/mol. The highest BCUT2D eigenvalue weighted by Crippen LogP contribution is 2.29. The Kier molecular flexibility index (Phi) is 4.92. The second-order valence-electron chi connectivity index (χ2n) is 4.05. The Hall–Kier alpha value is -0.520. The lowest BCUT2D eigenvalue weighted by Gasteiger charge is -2.09. The van der Waals surface area contributed by atoms with E-state index in [-0.39, 0.29) is 0 Å². The molecule has 0 unspecified atom stereocenters. The molecule has 0 aliphatic rings. The molecular weight excluding hydrogens is 395 g/mol. The highest BCUT2D eigenvalue weighted by atomic mass is 79.9. The highest BCUT2D eigenvalue weighted by Gasteiger charge is 2.13. The second kappa shape index (κ2) is 6.29. The Labute approximate surface area is 134 Å². The molecule has 3 nitrogen and oxygen atoms in total. The zero-order valence-electron chi connectivity index (χ0n) is 10.6. The van der Waals surface area contributed by atoms with Gasteiger partial charge in [-0.1, -0.05) is 34.5 Å². The highest BCUT2D eigenvalue weighted by molar-refractivity contribution is 9.10. The van der Waals surface area contributed by atoms with Crippen molar-refractivity contribution in [3.63, 3.8) is 0 Å². The van der Waals surface area contributed by atoms with Gasteiger partial charge in [-0.05, 0) is 40.5 Å². The van der Waals surface area contributed by atoms with Gasteiger partial charge in [0, 0.05) is 11.5 Å². The number of rotatable bonds is 4. The van der Waals surface area contributed by atoms with Gasteiger partial charge in [0.1, 0.15) is 12.4 Å². The second-order valence-corrected chi connectivity index (χ2v) is 6.16. The summed E-state index contributed by atoms with van der Waals surface area (Å²) in [5, 5.41) is 5.01. The summed E-state index contributed by atoms with van der Waals surface area (Å²) in [6.07, 6.45) is 0.882. The van der Waals surface area contributed by atoms with Crippen LogP contribution in [0.4, 0.5) is 0 Å². The average molecular weight is 409 g/mol. The molecule has 2 aromatic rings. The van der Waals surface area contributed by atoms with Crippen molar-refractivity contribution in [2.75, 3.05) is 0 Å². The van der Waals surface area contributed by atoms with Crippen molar-refractivity contribution in [3.8, 4) is 5.75 Å². The predicted octanol–water partition coefficient (Wildman–Crippen LogP) is 4.74. The minimum Gasteiger partial charge on any atom is -0.486 e. The molecular formula is C13H13Br2ClN2O. The lowest BCUT2D eigenvalue weighted by atomic mass is 10.3. The molecule has 19 heavy (non-hydrogen) atoms. The summed E-state index contributed by atoms with van der Waals surface area (Å²) in [6, 6.07) is 5.56. The van der Waals surface area contributed by atoms with Gasteiger partial charge in [-0.3, -0.25) is 4.68 Å². The fraction of sp³-hybridized carbons (Fsp3) is 0.308. The van der Waals surface area contributed by atoms with Crippen molar-refractivity contribution in [3.05, 3.63) is 43.6 Å². The molecule has 1 heterocycles. The minimum atomic E-state index is 0.422. The number of hydrogen-bond donors (Lipinski definition) is 0. The number of ether oxygens (including phenoxy) is 1. The summed E-state index contributed by atoms with van der Waals surface area (Å²) >= 11 is 13.0. The van der Waals surface area contributed by atoms with Crippen LogP contribution in [0.1, 0.15) is 18.3 Å². The van der Waals surface area contributed by atoms with Gasteiger partial charge in [0.2, 0.25) is 0 Å². The Balaban J connectivity index is 2.16. The van der Waals surface area contributed by atoms with Crippen LogP contribution in [-0.4, -0.2) is 9.78 Å². The molecule has 6 heteroatoms. The molecule has 0 saturated carbocycles. The summed E-state index contributed by atoms with van der Waals surface area (Å²) in [4.78, 5) is 0. The van der Waals surface area contributed by atoms with E-state index in [1.165, 1.54) is 0 Å². The fourth-order valence-electron chi connectivity index (χ4n) is 1.72. The van der Waals surface area contributed by atoms with Crippen LogP contribution in [0.5, 0.6) is 5.75 Å². The zero-order valence-corrected chi connectivity index (χ0v) is 14.5. The van der Waals surface area contributed by atoms with Crippen LogP contribution in [0.3, 0.4) is 0 Å². The van der Waals surface area contributed by atoms with Gasteiger partial charge in [-0.25, -0.2) is 0 Å². The Morgan fingerprint density at radius 3 is 2.68 bits per heavy atom. The third-order valence-electron chi connectivity index (χ3n) is 2.76. The van der Waals surface area contributed by atoms with Crippen molar-refractivity contribution < 1.29 is 4.74 Å². The van der Waals surface area contributed by atoms with Crippen molar-refractivity contribution in [1.29, 1.82) is 0 Å². The van der Waals surface area contributed by atoms with Gasteiger partial charge in [-0.2, -0.15) is 5.10 Å². The number of benzene rings is 1. The Bertz CT molecular complexity index is 599. The van der Waals surface area contributed by atoms with Gasteiger partial charge in [-0.15, -0.1) is 0 Å². The van der Waals surface area contributed by atoms with Crippen LogP contribution in [0.2, 0.25) is 5.02 Å². The molecule has 0 bridgehead atoms. The Morgan fingerprint density at radius 1 is 1.37 bits per heavy atom. The van der Waals surface area contributed by atoms with E-state index in [2.05, 4.69) is 43.9 Å². The molecule has 0 amide bonds. The summed E-state index contributed by atoms with van der Waals surface area (Å²) in [6.45, 7) is 2.49. The maximum Gasteiger partial charge on any atom is 0.138 e. The summed E-state index contributed by atoms with van der Waals surface area (Å²) < 4.78 is 9.52. The molecule has 0 atom stereocenters. The first kappa shape index (κ1) is 14.9. The zero-order chi connectivity index (χ0) is 14.0. The lowest BCUT2D eigenvalue weighted by Crippen LogP contribution is -2.03. The number of halogens is 3. The van der Waals surface area contributed by atoms with E-state index in [0.29, 0.717) is 17.4 Å². The van der Waals surface area contributed by atoms with Crippen LogP contribution in [0.15, 0.2) is 27.1 Å². The first-order valence-corrected chi connectivity index (χ1v) is 7.77. The number of aryl methyl sites for hydroxylation is 2. The summed E-state index contributed by atoms with van der Waals surface area (Å²) in [5.41, 5.74) is 2.03. The first-order chi connectivity index (χ1) is 9.02. The van der Waals surface area contributed by atoms with Crippen molar-refractivity contribution in [2.24, 2.45) is 7.05 Å². The van der Waals surface area contributed by atoms with Crippen molar-refractivity contribution >= 4 is 43.5 Å². The van der Waals surface area contributed by atoms with E-state index in [1.807, 2.05) is 29.9 Å². The van der Waals surface area contributed by atoms with Gasteiger partial charge in [0.05, 0.1) is 20.9 Å². The fourth-order valence-corrected chi connectivity index (χ4v) is 3.17. The molecule has 0 saturated heterocycles. The van der Waals surface area contributed by atoms with Crippen molar-refractivity contribution in [1.82, 2.24) is 9.78 Å². The first-order valence-electron chi connectivity index (χ1n) is 5.81. The van der Waals surface area contributed by atoms with E-state index < -0.39 is 0 Å². The van der Waals surface area contributed by atoms with Crippen LogP contribution < -0.4 is 4.74 Å². The van der Waals surface area contributed by atoms with Crippen molar-refractivity contribution in [2.45, 2.75) is 20.0 Å². The van der Waals surface area contributed by atoms with Crippen LogP contribution in [-0.2, 0) is 20.1 Å². The van der Waals surface area contributed by atoms with Crippen LogP contribution in [0, 0.1) is 0 Å². The maximum atomic E-state index is 6.12. The molecule has 0 spiro atoms. The minimum absolute atomic E-state index is 0.422. The van der Waals surface area contributed by atoms with E-state index >= 15 is 0 Å². The third-order valence-corrected chi connectivity index (χ3v) is 4.47. The number of hydrogen-bond acceptors (Lipinski definition) is 2. The molecule has 0 N–H and O–H groups in total. The molecule has 102 valence electrons. The van der Waals surface area contributed by atoms with Crippen LogP contribution >= 0.6 is 43.5 Å². The van der Waals surface area contributed by atoms with Gasteiger partial charge >= 0.3 is 0 Å². The van der Waals surface area contributed by atoms with Crippen LogP contribution in [0.25, 0.3) is 0 Å². The maximum absolute atomic E-state index is 6.12. The third kappa shape index (κ3) is 3.33. The molecule has 2 rings (SSSR count). The van der Waals surface area contributed by atoms with E-state index in [1.54, 1.807) is 0 Å². The molecule has 1 aromatic heterocycles. The lowest BCUT2D eigenvalue weighted by molar-refractivity contribution is 0.294. The molecule has 0 aliphatic carbocycles. The number of aromatic nitrogens is 2. The average Bonchev–Trinajstić information content (AvgIpc) is 2.64. The quantitative estimate of drug-likeness (QED) is 0.731. The molecule has 0 fully saturated rings. The monoisotopic (exact) mass is 406 g/mol.